The SMILES string of the molecule is CCN1CCOCCOCCN(COCCOC)c2ccc(C)cc2OCCN(c2ccc(/C=C/C3=C(C#N)C(=C(C#N)C#N)OC3(C)CCCO)cc2OCCOC)CCOc2cc(C)ccc21. The number of aliphatic hydroxyl groups is 1. The van der Waals surface area contributed by atoms with Gasteiger partial charge in [-0.25, -0.2) is 0 Å². The summed E-state index contributed by atoms with van der Waals surface area (Å²) in [6, 6.07) is 24.1. The van der Waals surface area contributed by atoms with Crippen LogP contribution in [0.4, 0.5) is 17.1 Å². The number of anilines is 3. The summed E-state index contributed by atoms with van der Waals surface area (Å²) < 4.78 is 54.8. The van der Waals surface area contributed by atoms with Gasteiger partial charge in [0.2, 0.25) is 0 Å². The average Bonchev–Trinajstić information content (AvgIpc) is 3.63. The number of nitriles is 3. The number of benzene rings is 3. The van der Waals surface area contributed by atoms with Crippen molar-refractivity contribution in [2.45, 2.75) is 46.1 Å². The summed E-state index contributed by atoms with van der Waals surface area (Å²) in [5, 5.41) is 39.4. The second kappa shape index (κ2) is 28.3. The van der Waals surface area contributed by atoms with Crippen LogP contribution in [0.5, 0.6) is 17.2 Å². The largest absolute Gasteiger partial charge is 0.490 e. The zero-order valence-corrected chi connectivity index (χ0v) is 41.1. The van der Waals surface area contributed by atoms with Crippen LogP contribution in [-0.2, 0) is 28.4 Å². The molecule has 16 nitrogen and oxygen atoms in total. The quantitative estimate of drug-likeness (QED) is 0.111. The lowest BCUT2D eigenvalue weighted by Gasteiger charge is -2.29. The summed E-state index contributed by atoms with van der Waals surface area (Å²) in [7, 11) is 3.27. The van der Waals surface area contributed by atoms with Crippen molar-refractivity contribution >= 4 is 23.1 Å². The van der Waals surface area contributed by atoms with Crippen LogP contribution >= 0.6 is 0 Å². The van der Waals surface area contributed by atoms with Gasteiger partial charge in [-0.15, -0.1) is 0 Å². The molecule has 0 fully saturated rings. The first kappa shape index (κ1) is 53.7. The van der Waals surface area contributed by atoms with Crippen molar-refractivity contribution < 1.29 is 47.7 Å². The lowest BCUT2D eigenvalue weighted by atomic mass is 9.88. The van der Waals surface area contributed by atoms with Crippen LogP contribution in [0.25, 0.3) is 6.08 Å². The van der Waals surface area contributed by atoms with E-state index < -0.39 is 5.60 Å². The van der Waals surface area contributed by atoms with Crippen LogP contribution in [0, 0.1) is 47.8 Å². The second-order valence-corrected chi connectivity index (χ2v) is 16.6. The molecule has 0 saturated carbocycles. The summed E-state index contributed by atoms with van der Waals surface area (Å²) in [5.74, 6) is 2.01. The molecule has 0 amide bonds. The van der Waals surface area contributed by atoms with E-state index in [1.54, 1.807) is 27.2 Å². The van der Waals surface area contributed by atoms with E-state index in [0.717, 1.165) is 46.0 Å². The van der Waals surface area contributed by atoms with Gasteiger partial charge in [-0.05, 0) is 93.6 Å². The summed E-state index contributed by atoms with van der Waals surface area (Å²) in [6.45, 7) is 15.2. The summed E-state index contributed by atoms with van der Waals surface area (Å²) >= 11 is 0. The molecule has 69 heavy (non-hydrogen) atoms. The molecule has 0 aromatic heterocycles. The van der Waals surface area contributed by atoms with Gasteiger partial charge in [-0.1, -0.05) is 30.4 Å². The zero-order chi connectivity index (χ0) is 49.4. The normalized spacial score (nSPS) is 17.6. The Morgan fingerprint density at radius 2 is 1.35 bits per heavy atom. The van der Waals surface area contributed by atoms with Crippen LogP contribution in [-0.4, -0.2) is 137 Å². The monoisotopic (exact) mass is 948 g/mol. The highest BCUT2D eigenvalue weighted by atomic mass is 16.5. The maximum Gasteiger partial charge on any atom is 0.172 e. The van der Waals surface area contributed by atoms with E-state index in [4.69, 9.17) is 42.6 Å². The minimum atomic E-state index is -1.07. The van der Waals surface area contributed by atoms with Gasteiger partial charge in [0, 0.05) is 46.0 Å². The Morgan fingerprint density at radius 1 is 0.739 bits per heavy atom. The highest BCUT2D eigenvalue weighted by Gasteiger charge is 2.42. The number of methoxy groups -OCH3 is 2. The molecule has 2 heterocycles. The Morgan fingerprint density at radius 3 is 1.94 bits per heavy atom. The Balaban J connectivity index is 1.55. The second-order valence-electron chi connectivity index (χ2n) is 16.6. The number of rotatable bonds is 16. The minimum Gasteiger partial charge on any atom is -0.490 e. The lowest BCUT2D eigenvalue weighted by molar-refractivity contribution is 0.0465. The molecule has 0 spiro atoms. The number of nitrogens with zero attached hydrogens (tertiary/aromatic N) is 6. The summed E-state index contributed by atoms with van der Waals surface area (Å²) in [4.78, 5) is 6.55. The summed E-state index contributed by atoms with van der Waals surface area (Å²) in [6.07, 6.45) is 4.34. The molecule has 1 N–H and O–H groups in total. The smallest absolute Gasteiger partial charge is 0.172 e. The predicted molar refractivity (Wildman–Crippen MR) is 265 cm³/mol. The van der Waals surface area contributed by atoms with Crippen molar-refractivity contribution in [3.63, 3.8) is 0 Å². The fourth-order valence-corrected chi connectivity index (χ4v) is 7.99. The number of likely N-dealkylation sites (N-methyl/N-ethyl adjacent to an activating group) is 1. The molecular weight excluding hydrogens is 881 g/mol. The number of fused-ring (bicyclic) bond motifs is 2. The molecule has 16 heteroatoms. The van der Waals surface area contributed by atoms with Crippen molar-refractivity contribution in [2.75, 3.05) is 141 Å². The Hall–Kier alpha value is -6.29. The first-order valence-corrected chi connectivity index (χ1v) is 23.5. The number of allylic oxidation sites excluding steroid dienone is 2. The van der Waals surface area contributed by atoms with Crippen LogP contribution in [0.1, 0.15) is 43.4 Å². The van der Waals surface area contributed by atoms with Gasteiger partial charge in [0.25, 0.3) is 0 Å². The minimum absolute atomic E-state index is 0.0599. The van der Waals surface area contributed by atoms with Gasteiger partial charge < -0.3 is 62.4 Å². The van der Waals surface area contributed by atoms with E-state index >= 15 is 0 Å². The first-order chi connectivity index (χ1) is 33.6. The van der Waals surface area contributed by atoms with Crippen molar-refractivity contribution in [2.24, 2.45) is 0 Å². The summed E-state index contributed by atoms with van der Waals surface area (Å²) in [5.41, 5.74) is 4.77. The third kappa shape index (κ3) is 15.4. The van der Waals surface area contributed by atoms with Crippen LogP contribution in [0.15, 0.2) is 83.2 Å². The molecule has 0 bridgehead atoms. The maximum atomic E-state index is 10.3. The Kier molecular flexibility index (Phi) is 22.0. The number of aryl methyl sites for hydroxylation is 2. The van der Waals surface area contributed by atoms with E-state index in [1.165, 1.54) is 0 Å². The number of aliphatic hydroxyl groups excluding tert-OH is 1. The molecule has 5 rings (SSSR count). The first-order valence-electron chi connectivity index (χ1n) is 23.5. The molecule has 0 radical (unpaired) electrons. The third-order valence-electron chi connectivity index (χ3n) is 11.7. The number of hydrogen-bond acceptors (Lipinski definition) is 16. The van der Waals surface area contributed by atoms with Gasteiger partial charge >= 0.3 is 0 Å². The molecule has 2 aliphatic heterocycles. The van der Waals surface area contributed by atoms with E-state index in [9.17, 15) is 20.9 Å². The van der Waals surface area contributed by atoms with Gasteiger partial charge in [-0.3, -0.25) is 0 Å². The average molecular weight is 949 g/mol. The van der Waals surface area contributed by atoms with E-state index in [2.05, 4.69) is 58.9 Å². The van der Waals surface area contributed by atoms with Crippen molar-refractivity contribution in [3.8, 4) is 35.5 Å². The van der Waals surface area contributed by atoms with Crippen LogP contribution < -0.4 is 28.9 Å². The molecular formula is C53H68N6O10. The molecule has 370 valence electrons. The highest BCUT2D eigenvalue weighted by molar-refractivity contribution is 5.69. The topological polar surface area (TPSA) is 184 Å². The molecule has 3 aromatic carbocycles. The van der Waals surface area contributed by atoms with Gasteiger partial charge in [0.15, 0.2) is 11.3 Å². The van der Waals surface area contributed by atoms with Crippen LogP contribution in [0.2, 0.25) is 0 Å². The fraction of sp³-hybridized carbons (Fsp3) is 0.491. The van der Waals surface area contributed by atoms with Crippen molar-refractivity contribution in [1.82, 2.24) is 0 Å². The number of ether oxygens (including phenoxy) is 9. The van der Waals surface area contributed by atoms with E-state index in [0.29, 0.717) is 122 Å². The lowest BCUT2D eigenvalue weighted by Crippen LogP contribution is -2.34. The fourth-order valence-electron chi connectivity index (χ4n) is 7.99. The van der Waals surface area contributed by atoms with Gasteiger partial charge in [-0.2, -0.15) is 15.8 Å². The van der Waals surface area contributed by atoms with Crippen LogP contribution in [0.3, 0.4) is 0 Å². The Labute approximate surface area is 408 Å². The molecule has 3 aromatic rings. The van der Waals surface area contributed by atoms with E-state index in [1.807, 2.05) is 55.5 Å². The molecule has 0 saturated heterocycles. The molecule has 1 unspecified atom stereocenters. The third-order valence-corrected chi connectivity index (χ3v) is 11.7. The van der Waals surface area contributed by atoms with E-state index in [-0.39, 0.29) is 30.1 Å². The predicted octanol–water partition coefficient (Wildman–Crippen LogP) is 7.29. The molecule has 0 aliphatic carbocycles. The standard InChI is InChI=1S/C53H68N6O10/c1-7-57-18-23-63-30-31-64-24-19-59(39-65-29-27-61-5)48-15-10-41(3)34-50(48)67-26-21-58(20-25-66-49-33-40(2)9-14-46(49)57)47-16-12-42(35-51(47)68-32-28-62-6)11-13-45-44(38-56)52(43(36-54)37-55)69-53(45,4)17-8-22-60/h9-16,33-35,60H,7-8,17-32,39H2,1-6H3/b13-11+. The maximum absolute atomic E-state index is 10.3. The van der Waals surface area contributed by atoms with Gasteiger partial charge in [0.1, 0.15) is 73.2 Å². The Bertz CT molecular complexity index is 2330. The number of hydrogen-bond donors (Lipinski definition) is 1. The molecule has 1 atom stereocenters. The molecule has 2 aliphatic rings. The zero-order valence-electron chi connectivity index (χ0n) is 41.1. The van der Waals surface area contributed by atoms with Crippen molar-refractivity contribution in [3.05, 3.63) is 99.8 Å². The highest BCUT2D eigenvalue weighted by Crippen LogP contribution is 2.44. The van der Waals surface area contributed by atoms with Gasteiger partial charge in [0.05, 0.1) is 76.4 Å². The van der Waals surface area contributed by atoms with Crippen molar-refractivity contribution in [1.29, 1.82) is 15.8 Å².